The summed E-state index contributed by atoms with van der Waals surface area (Å²) in [6.07, 6.45) is 3.97. The molecule has 0 spiro atoms. The molecular weight excluding hydrogens is 486 g/mol. The van der Waals surface area contributed by atoms with Crippen LogP contribution in [0.15, 0.2) is 23.3 Å². The van der Waals surface area contributed by atoms with Gasteiger partial charge in [0.25, 0.3) is 0 Å². The fraction of sp³-hybridized carbons (Fsp3) is 0.579. The molecule has 1 aliphatic heterocycles. The van der Waals surface area contributed by atoms with Crippen LogP contribution in [-0.4, -0.2) is 56.3 Å². The molecule has 1 atom stereocenters. The van der Waals surface area contributed by atoms with E-state index in [4.69, 9.17) is 0 Å². The molecule has 10 heteroatoms. The molecule has 3 rings (SSSR count). The zero-order valence-corrected chi connectivity index (χ0v) is 19.6. The highest BCUT2D eigenvalue weighted by Gasteiger charge is 2.22. The molecular formula is C19H30FIN8. The summed E-state index contributed by atoms with van der Waals surface area (Å²) >= 11 is 0. The van der Waals surface area contributed by atoms with Crippen LogP contribution in [0.3, 0.4) is 0 Å². The van der Waals surface area contributed by atoms with Crippen LogP contribution >= 0.6 is 24.0 Å². The average molecular weight is 516 g/mol. The molecule has 0 bridgehead atoms. The van der Waals surface area contributed by atoms with Crippen LogP contribution in [0.2, 0.25) is 0 Å². The van der Waals surface area contributed by atoms with Gasteiger partial charge < -0.3 is 15.2 Å². The lowest BCUT2D eigenvalue weighted by atomic mass is 10.2. The minimum atomic E-state index is -0.345. The number of rotatable bonds is 7. The standard InChI is InChI=1S/C19H29FN8.HI/c1-4-28-10-6-7-15(28)11-22-19(23-12-17-16(20)8-5-9-21-17)24-13-18-26-25-14(2)27(18)3;/h5,8-9,15H,4,6-7,10-13H2,1-3H3,(H2,22,23,24);1H. The number of guanidine groups is 1. The molecule has 1 saturated heterocycles. The van der Waals surface area contributed by atoms with Crippen LogP contribution < -0.4 is 10.6 Å². The summed E-state index contributed by atoms with van der Waals surface area (Å²) in [6.45, 7) is 7.73. The largest absolute Gasteiger partial charge is 0.355 e. The number of nitrogens with one attached hydrogen (secondary N) is 2. The van der Waals surface area contributed by atoms with Gasteiger partial charge in [0.2, 0.25) is 0 Å². The number of hydrogen-bond acceptors (Lipinski definition) is 5. The van der Waals surface area contributed by atoms with Crippen LogP contribution in [0.4, 0.5) is 4.39 Å². The zero-order valence-electron chi connectivity index (χ0n) is 17.2. The number of likely N-dealkylation sites (N-methyl/N-ethyl adjacent to an activating group) is 1. The first-order valence-corrected chi connectivity index (χ1v) is 9.79. The van der Waals surface area contributed by atoms with Gasteiger partial charge in [-0.1, -0.05) is 6.92 Å². The summed E-state index contributed by atoms with van der Waals surface area (Å²) in [5.74, 6) is 1.94. The maximum atomic E-state index is 13.9. The first-order valence-electron chi connectivity index (χ1n) is 9.79. The van der Waals surface area contributed by atoms with Crippen molar-refractivity contribution in [2.45, 2.75) is 45.8 Å². The molecule has 0 radical (unpaired) electrons. The third kappa shape index (κ3) is 6.33. The van der Waals surface area contributed by atoms with E-state index in [1.807, 2.05) is 18.5 Å². The normalized spacial score (nSPS) is 17.2. The van der Waals surface area contributed by atoms with Crippen LogP contribution in [-0.2, 0) is 20.1 Å². The predicted octanol–water partition coefficient (Wildman–Crippen LogP) is 2.00. The number of pyridine rings is 1. The van der Waals surface area contributed by atoms with E-state index in [-0.39, 0.29) is 36.3 Å². The number of aryl methyl sites for hydroxylation is 1. The number of aromatic nitrogens is 4. The van der Waals surface area contributed by atoms with Crippen molar-refractivity contribution < 1.29 is 4.39 Å². The third-order valence-corrected chi connectivity index (χ3v) is 5.23. The molecule has 8 nitrogen and oxygen atoms in total. The average Bonchev–Trinajstić information content (AvgIpc) is 3.29. The molecule has 1 unspecified atom stereocenters. The monoisotopic (exact) mass is 516 g/mol. The fourth-order valence-electron chi connectivity index (χ4n) is 3.39. The molecule has 2 N–H and O–H groups in total. The first-order chi connectivity index (χ1) is 13.6. The van der Waals surface area contributed by atoms with Crippen molar-refractivity contribution in [3.8, 4) is 0 Å². The van der Waals surface area contributed by atoms with Gasteiger partial charge in [0.1, 0.15) is 11.6 Å². The Kier molecular flexibility index (Phi) is 9.21. The molecule has 0 aromatic carbocycles. The molecule has 0 aliphatic carbocycles. The Labute approximate surface area is 188 Å². The number of likely N-dealkylation sites (tertiary alicyclic amines) is 1. The molecule has 1 fully saturated rings. The zero-order chi connectivity index (χ0) is 19.9. The highest BCUT2D eigenvalue weighted by atomic mass is 127. The molecule has 0 amide bonds. The maximum absolute atomic E-state index is 13.9. The van der Waals surface area contributed by atoms with Gasteiger partial charge in [-0.3, -0.25) is 9.88 Å². The summed E-state index contributed by atoms with van der Waals surface area (Å²) in [5, 5.41) is 14.9. The maximum Gasteiger partial charge on any atom is 0.192 e. The van der Waals surface area contributed by atoms with Crippen molar-refractivity contribution in [1.29, 1.82) is 0 Å². The highest BCUT2D eigenvalue weighted by molar-refractivity contribution is 14.0. The van der Waals surface area contributed by atoms with Gasteiger partial charge in [0.15, 0.2) is 11.8 Å². The topological polar surface area (TPSA) is 83.3 Å². The van der Waals surface area contributed by atoms with Crippen LogP contribution in [0, 0.1) is 12.7 Å². The van der Waals surface area contributed by atoms with Crippen molar-refractivity contribution in [3.63, 3.8) is 0 Å². The number of aliphatic imine (C=N–C) groups is 1. The lowest BCUT2D eigenvalue weighted by molar-refractivity contribution is 0.267. The summed E-state index contributed by atoms with van der Waals surface area (Å²) in [4.78, 5) is 11.1. The lowest BCUT2D eigenvalue weighted by Crippen LogP contribution is -2.45. The molecule has 1 aliphatic rings. The van der Waals surface area contributed by atoms with E-state index in [0.29, 0.717) is 24.2 Å². The molecule has 0 saturated carbocycles. The summed E-state index contributed by atoms with van der Waals surface area (Å²) < 4.78 is 15.8. The lowest BCUT2D eigenvalue weighted by Gasteiger charge is -2.24. The second-order valence-electron chi connectivity index (χ2n) is 6.98. The smallest absolute Gasteiger partial charge is 0.192 e. The number of hydrogen-bond donors (Lipinski definition) is 2. The van der Waals surface area contributed by atoms with Gasteiger partial charge in [-0.15, -0.1) is 34.2 Å². The summed E-state index contributed by atoms with van der Waals surface area (Å²) in [5.41, 5.74) is 0.328. The van der Waals surface area contributed by atoms with E-state index in [0.717, 1.165) is 31.3 Å². The van der Waals surface area contributed by atoms with E-state index >= 15 is 0 Å². The second kappa shape index (κ2) is 11.4. The molecule has 160 valence electrons. The SMILES string of the molecule is CCN1CCCC1CNC(=NCc1ncccc1F)NCc1nnc(C)n1C.I. The molecule has 3 heterocycles. The van der Waals surface area contributed by atoms with Crippen molar-refractivity contribution in [2.24, 2.45) is 12.0 Å². The Balaban J connectivity index is 0.00000300. The van der Waals surface area contributed by atoms with Crippen LogP contribution in [0.5, 0.6) is 0 Å². The van der Waals surface area contributed by atoms with Crippen molar-refractivity contribution in [2.75, 3.05) is 19.6 Å². The van der Waals surface area contributed by atoms with E-state index in [1.165, 1.54) is 18.9 Å². The number of halogens is 2. The fourth-order valence-corrected chi connectivity index (χ4v) is 3.39. The molecule has 2 aromatic heterocycles. The minimum Gasteiger partial charge on any atom is -0.355 e. The third-order valence-electron chi connectivity index (χ3n) is 5.23. The van der Waals surface area contributed by atoms with Gasteiger partial charge >= 0.3 is 0 Å². The van der Waals surface area contributed by atoms with E-state index in [2.05, 4.69) is 42.6 Å². The van der Waals surface area contributed by atoms with Crippen molar-refractivity contribution in [3.05, 3.63) is 41.5 Å². The molecule has 29 heavy (non-hydrogen) atoms. The second-order valence-corrected chi connectivity index (χ2v) is 6.98. The van der Waals surface area contributed by atoms with Gasteiger partial charge in [0, 0.05) is 25.8 Å². The minimum absolute atomic E-state index is 0. The van der Waals surface area contributed by atoms with Crippen LogP contribution in [0.1, 0.15) is 37.1 Å². The van der Waals surface area contributed by atoms with Crippen molar-refractivity contribution >= 4 is 29.9 Å². The summed E-state index contributed by atoms with van der Waals surface area (Å²) in [6, 6.07) is 3.47. The molecule has 2 aromatic rings. The highest BCUT2D eigenvalue weighted by Crippen LogP contribution is 2.15. The Morgan fingerprint density at radius 1 is 1.34 bits per heavy atom. The van der Waals surface area contributed by atoms with Gasteiger partial charge in [0.05, 0.1) is 18.8 Å². The summed E-state index contributed by atoms with van der Waals surface area (Å²) in [7, 11) is 1.93. The Bertz CT molecular complexity index is 809. The van der Waals surface area contributed by atoms with Gasteiger partial charge in [-0.05, 0) is 45.0 Å². The van der Waals surface area contributed by atoms with Crippen LogP contribution in [0.25, 0.3) is 0 Å². The Morgan fingerprint density at radius 2 is 2.17 bits per heavy atom. The Morgan fingerprint density at radius 3 is 2.86 bits per heavy atom. The predicted molar refractivity (Wildman–Crippen MR) is 122 cm³/mol. The Hall–Kier alpha value is -1.82. The first kappa shape index (κ1) is 23.5. The van der Waals surface area contributed by atoms with E-state index in [1.54, 1.807) is 12.3 Å². The van der Waals surface area contributed by atoms with E-state index < -0.39 is 0 Å². The van der Waals surface area contributed by atoms with Crippen molar-refractivity contribution in [1.82, 2.24) is 35.3 Å². The number of nitrogens with zero attached hydrogens (tertiary/aromatic N) is 6. The van der Waals surface area contributed by atoms with Gasteiger partial charge in [-0.2, -0.15) is 0 Å². The quantitative estimate of drug-likeness (QED) is 0.333. The van der Waals surface area contributed by atoms with E-state index in [9.17, 15) is 4.39 Å². The van der Waals surface area contributed by atoms with Gasteiger partial charge in [-0.25, -0.2) is 9.38 Å².